The van der Waals surface area contributed by atoms with E-state index >= 15 is 0 Å². The molecule has 0 aliphatic rings. The molecule has 0 aromatic heterocycles. The van der Waals surface area contributed by atoms with E-state index in [0.29, 0.717) is 5.56 Å². The zero-order valence-electron chi connectivity index (χ0n) is 8.80. The number of rotatable bonds is 4. The van der Waals surface area contributed by atoms with Gasteiger partial charge in [0.2, 0.25) is 5.91 Å². The van der Waals surface area contributed by atoms with Crippen molar-refractivity contribution in [1.82, 2.24) is 0 Å². The molecule has 100 valence electrons. The Bertz CT molecular complexity index is 451. The second kappa shape index (κ2) is 5.92. The molecule has 2 N–H and O–H groups in total. The summed E-state index contributed by atoms with van der Waals surface area (Å²) in [4.78, 5) is 10.3. The van der Waals surface area contributed by atoms with Crippen molar-refractivity contribution in [3.63, 3.8) is 0 Å². The smallest absolute Gasteiger partial charge is 0.405 e. The fourth-order valence-electron chi connectivity index (χ4n) is 1.19. The van der Waals surface area contributed by atoms with Crippen molar-refractivity contribution in [3.05, 3.63) is 28.2 Å². The van der Waals surface area contributed by atoms with Crippen LogP contribution >= 0.6 is 31.9 Å². The van der Waals surface area contributed by atoms with Gasteiger partial charge in [-0.05, 0) is 40.0 Å². The Balaban J connectivity index is 2.83. The number of nitrogens with two attached hydrogens (primary N) is 1. The van der Waals surface area contributed by atoms with Gasteiger partial charge in [0, 0.05) is 0 Å². The van der Waals surface area contributed by atoms with Gasteiger partial charge < -0.3 is 10.5 Å². The lowest BCUT2D eigenvalue weighted by Gasteiger charge is -2.12. The third kappa shape index (κ3) is 4.85. The summed E-state index contributed by atoms with van der Waals surface area (Å²) in [6.07, 6.45) is -4.46. The van der Waals surface area contributed by atoms with Crippen LogP contribution in [0.2, 0.25) is 0 Å². The third-order valence-corrected chi connectivity index (χ3v) is 3.34. The third-order valence-electron chi connectivity index (χ3n) is 1.95. The van der Waals surface area contributed by atoms with Crippen LogP contribution in [0.4, 0.5) is 13.2 Å². The fraction of sp³-hybridized carbons (Fsp3) is 0.300. The molecule has 0 fully saturated rings. The van der Waals surface area contributed by atoms with Crippen LogP contribution < -0.4 is 10.5 Å². The zero-order chi connectivity index (χ0) is 13.9. The fourth-order valence-corrected chi connectivity index (χ4v) is 2.07. The second-order valence-electron chi connectivity index (χ2n) is 3.39. The molecule has 1 amide bonds. The van der Waals surface area contributed by atoms with E-state index in [1.165, 1.54) is 18.2 Å². The standard InChI is InChI=1S/C10H8Br2F3NO2/c11-6-3-5(4-7(12)9(16)17)1-2-8(6)18-10(13,14)15/h1-3,7H,4H2,(H2,16,17). The van der Waals surface area contributed by atoms with Gasteiger partial charge in [-0.2, -0.15) is 0 Å². The lowest BCUT2D eigenvalue weighted by Crippen LogP contribution is -2.25. The molecule has 0 bridgehead atoms. The number of ether oxygens (including phenoxy) is 1. The molecule has 8 heteroatoms. The van der Waals surface area contributed by atoms with Crippen molar-refractivity contribution in [2.45, 2.75) is 17.6 Å². The summed E-state index contributed by atoms with van der Waals surface area (Å²) in [6.45, 7) is 0. The van der Waals surface area contributed by atoms with E-state index in [0.717, 1.165) is 0 Å². The van der Waals surface area contributed by atoms with Crippen molar-refractivity contribution in [2.24, 2.45) is 5.73 Å². The molecule has 0 spiro atoms. The topological polar surface area (TPSA) is 52.3 Å². The van der Waals surface area contributed by atoms with E-state index in [-0.39, 0.29) is 16.6 Å². The Hall–Kier alpha value is -0.760. The van der Waals surface area contributed by atoms with E-state index in [4.69, 9.17) is 5.73 Å². The predicted octanol–water partition coefficient (Wildman–Crippen LogP) is 3.14. The molecule has 0 saturated heterocycles. The van der Waals surface area contributed by atoms with Crippen LogP contribution in [-0.2, 0) is 11.2 Å². The Morgan fingerprint density at radius 3 is 2.50 bits per heavy atom. The molecule has 1 aromatic rings. The van der Waals surface area contributed by atoms with Gasteiger partial charge in [-0.25, -0.2) is 0 Å². The summed E-state index contributed by atoms with van der Waals surface area (Å²) < 4.78 is 40.0. The van der Waals surface area contributed by atoms with E-state index in [1.807, 2.05) is 0 Å². The Morgan fingerprint density at radius 1 is 1.44 bits per heavy atom. The molecular formula is C10H8Br2F3NO2. The molecule has 0 aliphatic carbocycles. The molecule has 0 saturated carbocycles. The van der Waals surface area contributed by atoms with Gasteiger partial charge in [-0.3, -0.25) is 4.79 Å². The summed E-state index contributed by atoms with van der Waals surface area (Å²) in [5.41, 5.74) is 5.71. The van der Waals surface area contributed by atoms with Crippen LogP contribution in [0.25, 0.3) is 0 Å². The number of halogens is 5. The number of carbonyl (C=O) groups excluding carboxylic acids is 1. The van der Waals surface area contributed by atoms with Gasteiger partial charge in [0.25, 0.3) is 0 Å². The van der Waals surface area contributed by atoms with E-state index in [1.54, 1.807) is 0 Å². The monoisotopic (exact) mass is 389 g/mol. The van der Waals surface area contributed by atoms with Gasteiger partial charge in [0.1, 0.15) is 5.75 Å². The minimum Gasteiger partial charge on any atom is -0.405 e. The van der Waals surface area contributed by atoms with Crippen LogP contribution in [0.5, 0.6) is 5.75 Å². The SMILES string of the molecule is NC(=O)C(Br)Cc1ccc(OC(F)(F)F)c(Br)c1. The number of alkyl halides is 4. The molecule has 1 rings (SSSR count). The zero-order valence-corrected chi connectivity index (χ0v) is 12.0. The molecule has 0 aliphatic heterocycles. The normalized spacial score (nSPS) is 13.2. The van der Waals surface area contributed by atoms with Crippen LogP contribution in [-0.4, -0.2) is 17.1 Å². The first-order valence-electron chi connectivity index (χ1n) is 4.66. The quantitative estimate of drug-likeness (QED) is 0.803. The highest BCUT2D eigenvalue weighted by Crippen LogP contribution is 2.31. The number of amides is 1. The minimum absolute atomic E-state index is 0.154. The Kier molecular flexibility index (Phi) is 5.03. The lowest BCUT2D eigenvalue weighted by atomic mass is 10.1. The predicted molar refractivity (Wildman–Crippen MR) is 66.4 cm³/mol. The number of primary amides is 1. The number of benzene rings is 1. The maximum Gasteiger partial charge on any atom is 0.573 e. The number of hydrogen-bond acceptors (Lipinski definition) is 2. The van der Waals surface area contributed by atoms with Crippen molar-refractivity contribution in [2.75, 3.05) is 0 Å². The average molecular weight is 391 g/mol. The summed E-state index contributed by atoms with van der Waals surface area (Å²) in [6, 6.07) is 4.05. The Morgan fingerprint density at radius 2 is 2.06 bits per heavy atom. The maximum atomic E-state index is 12.0. The largest absolute Gasteiger partial charge is 0.573 e. The van der Waals surface area contributed by atoms with Crippen LogP contribution in [0.3, 0.4) is 0 Å². The molecule has 1 aromatic carbocycles. The highest BCUT2D eigenvalue weighted by atomic mass is 79.9. The molecule has 1 atom stereocenters. The van der Waals surface area contributed by atoms with Gasteiger partial charge in [-0.15, -0.1) is 13.2 Å². The van der Waals surface area contributed by atoms with Crippen LogP contribution in [0.1, 0.15) is 5.56 Å². The van der Waals surface area contributed by atoms with Gasteiger partial charge in [0.05, 0.1) is 9.30 Å². The van der Waals surface area contributed by atoms with E-state index in [2.05, 4.69) is 36.6 Å². The summed E-state index contributed by atoms with van der Waals surface area (Å²) in [5.74, 6) is -0.877. The molecular weight excluding hydrogens is 383 g/mol. The van der Waals surface area contributed by atoms with Gasteiger partial charge >= 0.3 is 6.36 Å². The summed E-state index contributed by atoms with van der Waals surface area (Å²) in [5, 5.41) is 0. The Labute approximate surface area is 118 Å². The van der Waals surface area contributed by atoms with Gasteiger partial charge in [0.15, 0.2) is 0 Å². The van der Waals surface area contributed by atoms with Crippen molar-refractivity contribution in [3.8, 4) is 5.75 Å². The summed E-state index contributed by atoms with van der Waals surface area (Å²) >= 11 is 6.04. The molecule has 18 heavy (non-hydrogen) atoms. The van der Waals surface area contributed by atoms with Crippen molar-refractivity contribution >= 4 is 37.8 Å². The average Bonchev–Trinajstić information content (AvgIpc) is 2.20. The van der Waals surface area contributed by atoms with Crippen molar-refractivity contribution in [1.29, 1.82) is 0 Å². The second-order valence-corrected chi connectivity index (χ2v) is 5.35. The van der Waals surface area contributed by atoms with Gasteiger partial charge in [-0.1, -0.05) is 22.0 Å². The number of hydrogen-bond donors (Lipinski definition) is 1. The van der Waals surface area contributed by atoms with E-state index < -0.39 is 17.1 Å². The van der Waals surface area contributed by atoms with Crippen molar-refractivity contribution < 1.29 is 22.7 Å². The molecule has 0 heterocycles. The van der Waals surface area contributed by atoms with E-state index in [9.17, 15) is 18.0 Å². The first-order valence-corrected chi connectivity index (χ1v) is 6.37. The maximum absolute atomic E-state index is 12.0. The van der Waals surface area contributed by atoms with Crippen LogP contribution in [0, 0.1) is 0 Å². The highest BCUT2D eigenvalue weighted by molar-refractivity contribution is 9.10. The molecule has 3 nitrogen and oxygen atoms in total. The highest BCUT2D eigenvalue weighted by Gasteiger charge is 2.32. The summed E-state index contributed by atoms with van der Waals surface area (Å²) in [7, 11) is 0. The molecule has 1 unspecified atom stereocenters. The number of carbonyl (C=O) groups is 1. The minimum atomic E-state index is -4.74. The first-order chi connectivity index (χ1) is 8.19. The molecule has 0 radical (unpaired) electrons. The lowest BCUT2D eigenvalue weighted by molar-refractivity contribution is -0.274. The first kappa shape index (κ1) is 15.3. The van der Waals surface area contributed by atoms with Crippen LogP contribution in [0.15, 0.2) is 22.7 Å².